The zero-order valence-corrected chi connectivity index (χ0v) is 7.18. The minimum absolute atomic E-state index is 0.258. The summed E-state index contributed by atoms with van der Waals surface area (Å²) in [5, 5.41) is 0. The van der Waals surface area contributed by atoms with E-state index in [1.165, 1.54) is 6.92 Å². The van der Waals surface area contributed by atoms with Crippen molar-refractivity contribution in [3.05, 3.63) is 41.9 Å². The fourth-order valence-corrected chi connectivity index (χ4v) is 1.08. The Labute approximate surface area is 75.1 Å². The molecule has 4 heteroatoms. The minimum atomic E-state index is -4.83. The number of benzene rings is 1. The molecule has 0 N–H and O–H groups in total. The molecule has 0 aliphatic carbocycles. The average Bonchev–Trinajstić information content (AvgIpc) is 2.03. The Morgan fingerprint density at radius 2 is 1.69 bits per heavy atom. The maximum absolute atomic E-state index is 12.0. The molecule has 0 saturated carbocycles. The molecule has 1 aromatic carbocycles. The Bertz CT molecular complexity index is 300. The molecule has 0 atom stereocenters. The van der Waals surface area contributed by atoms with E-state index in [0.717, 1.165) is 0 Å². The Morgan fingerprint density at radius 3 is 2.15 bits per heavy atom. The van der Waals surface area contributed by atoms with Crippen LogP contribution in [-0.4, -0.2) is 6.98 Å². The zero-order valence-electron chi connectivity index (χ0n) is 7.18. The summed E-state index contributed by atoms with van der Waals surface area (Å²) in [6.45, 7) is -3.37. The molecule has 0 heterocycles. The van der Waals surface area contributed by atoms with E-state index in [-0.39, 0.29) is 5.57 Å². The Kier molecular flexibility index (Phi) is 2.81. The topological polar surface area (TPSA) is 0 Å². The predicted molar refractivity (Wildman–Crippen MR) is 49.2 cm³/mol. The van der Waals surface area contributed by atoms with Crippen LogP contribution in [0.2, 0.25) is 0 Å². The smallest absolute Gasteiger partial charge is 0.445 e. The van der Waals surface area contributed by atoms with Crippen LogP contribution in [0.3, 0.4) is 0 Å². The lowest BCUT2D eigenvalue weighted by molar-refractivity contribution is 0.499. The summed E-state index contributed by atoms with van der Waals surface area (Å²) in [5.41, 5.74) is 0.870. The third-order valence-electron chi connectivity index (χ3n) is 1.67. The van der Waals surface area contributed by atoms with Crippen molar-refractivity contribution in [3.8, 4) is 0 Å². The molecule has 0 nitrogen and oxygen atoms in total. The van der Waals surface area contributed by atoms with Crippen molar-refractivity contribution in [1.29, 1.82) is 0 Å². The summed E-state index contributed by atoms with van der Waals surface area (Å²) >= 11 is 0. The monoisotopic (exact) mass is 185 g/mol. The van der Waals surface area contributed by atoms with Crippen LogP contribution in [0, 0.1) is 0 Å². The molecule has 0 radical (unpaired) electrons. The molecular weight excluding hydrogens is 176 g/mol. The van der Waals surface area contributed by atoms with Gasteiger partial charge in [0.05, 0.1) is 0 Å². The predicted octanol–water partition coefficient (Wildman–Crippen LogP) is 3.48. The summed E-state index contributed by atoms with van der Waals surface area (Å²) in [7, 11) is 0. The lowest BCUT2D eigenvalue weighted by atomic mass is 9.87. The third-order valence-corrected chi connectivity index (χ3v) is 1.67. The summed E-state index contributed by atoms with van der Waals surface area (Å²) in [5.74, 6) is 0.370. The lowest BCUT2D eigenvalue weighted by Gasteiger charge is -2.10. The normalized spacial score (nSPS) is 13.1. The van der Waals surface area contributed by atoms with Gasteiger partial charge in [0.25, 0.3) is 0 Å². The quantitative estimate of drug-likeness (QED) is 0.618. The largest absolute Gasteiger partial charge is 0.502 e. The fourth-order valence-electron chi connectivity index (χ4n) is 1.08. The van der Waals surface area contributed by atoms with Crippen LogP contribution in [0.1, 0.15) is 12.5 Å². The summed E-state index contributed by atoms with van der Waals surface area (Å²) in [6.07, 6.45) is 0. The highest BCUT2D eigenvalue weighted by Crippen LogP contribution is 2.19. The van der Waals surface area contributed by atoms with Crippen molar-refractivity contribution >= 4 is 12.6 Å². The van der Waals surface area contributed by atoms with Crippen molar-refractivity contribution < 1.29 is 12.9 Å². The van der Waals surface area contributed by atoms with Gasteiger partial charge in [0.1, 0.15) is 0 Å². The first-order chi connectivity index (χ1) is 5.99. The standard InChI is InChI=1S/C9H9BF3/c1-8(7-10(11,12)13)9-5-3-2-4-6-9/h2-7H,1H3/q-1/b8-7-. The van der Waals surface area contributed by atoms with Gasteiger partial charge in [-0.25, -0.2) is 0 Å². The summed E-state index contributed by atoms with van der Waals surface area (Å²) in [4.78, 5) is 0. The van der Waals surface area contributed by atoms with E-state index in [0.29, 0.717) is 11.5 Å². The van der Waals surface area contributed by atoms with Gasteiger partial charge >= 0.3 is 6.98 Å². The van der Waals surface area contributed by atoms with Crippen LogP contribution in [0.15, 0.2) is 36.3 Å². The Hall–Kier alpha value is -1.19. The highest BCUT2D eigenvalue weighted by molar-refractivity contribution is 6.65. The van der Waals surface area contributed by atoms with Crippen molar-refractivity contribution in [3.63, 3.8) is 0 Å². The molecule has 0 aliphatic heterocycles. The molecular formula is C9H9BF3-. The number of halogens is 3. The maximum atomic E-state index is 12.0. The first-order valence-electron chi connectivity index (χ1n) is 3.94. The van der Waals surface area contributed by atoms with Crippen LogP contribution in [0.5, 0.6) is 0 Å². The third kappa shape index (κ3) is 3.36. The number of hydrogen-bond acceptors (Lipinski definition) is 0. The second kappa shape index (κ2) is 3.68. The molecule has 0 amide bonds. The van der Waals surface area contributed by atoms with E-state index in [9.17, 15) is 12.9 Å². The molecule has 0 aromatic heterocycles. The molecule has 13 heavy (non-hydrogen) atoms. The van der Waals surface area contributed by atoms with Gasteiger partial charge in [-0.05, 0) is 12.5 Å². The van der Waals surface area contributed by atoms with Gasteiger partial charge in [0, 0.05) is 0 Å². The van der Waals surface area contributed by atoms with Crippen molar-refractivity contribution in [2.45, 2.75) is 6.92 Å². The second-order valence-corrected chi connectivity index (χ2v) is 2.84. The fraction of sp³-hybridized carbons (Fsp3) is 0.111. The molecule has 0 unspecified atom stereocenters. The van der Waals surface area contributed by atoms with Gasteiger partial charge in [0.15, 0.2) is 0 Å². The van der Waals surface area contributed by atoms with Gasteiger partial charge in [-0.3, -0.25) is 0 Å². The van der Waals surface area contributed by atoms with Gasteiger partial charge in [-0.2, -0.15) is 0 Å². The number of allylic oxidation sites excluding steroid dienone is 1. The zero-order chi connectivity index (χ0) is 9.90. The van der Waals surface area contributed by atoms with Crippen LogP contribution >= 0.6 is 0 Å². The highest BCUT2D eigenvalue weighted by Gasteiger charge is 2.18. The van der Waals surface area contributed by atoms with E-state index in [1.807, 2.05) is 0 Å². The van der Waals surface area contributed by atoms with Gasteiger partial charge in [-0.1, -0.05) is 35.9 Å². The molecule has 0 aliphatic rings. The van der Waals surface area contributed by atoms with E-state index in [1.54, 1.807) is 30.3 Å². The molecule has 1 aromatic rings. The Morgan fingerprint density at radius 1 is 1.15 bits per heavy atom. The molecule has 0 saturated heterocycles. The van der Waals surface area contributed by atoms with Crippen molar-refractivity contribution in [2.24, 2.45) is 0 Å². The molecule has 0 bridgehead atoms. The Balaban J connectivity index is 2.92. The van der Waals surface area contributed by atoms with Crippen LogP contribution in [0.4, 0.5) is 12.9 Å². The van der Waals surface area contributed by atoms with Crippen molar-refractivity contribution in [1.82, 2.24) is 0 Å². The highest BCUT2D eigenvalue weighted by atomic mass is 19.4. The first kappa shape index (κ1) is 9.90. The molecule has 0 fully saturated rings. The van der Waals surface area contributed by atoms with Crippen LogP contribution in [-0.2, 0) is 0 Å². The van der Waals surface area contributed by atoms with E-state index in [2.05, 4.69) is 0 Å². The van der Waals surface area contributed by atoms with E-state index < -0.39 is 6.98 Å². The molecule has 0 spiro atoms. The van der Waals surface area contributed by atoms with Crippen LogP contribution < -0.4 is 0 Å². The first-order valence-corrected chi connectivity index (χ1v) is 3.94. The van der Waals surface area contributed by atoms with E-state index in [4.69, 9.17) is 0 Å². The maximum Gasteiger partial charge on any atom is 0.502 e. The van der Waals surface area contributed by atoms with Gasteiger partial charge in [-0.15, -0.1) is 5.98 Å². The average molecular weight is 185 g/mol. The van der Waals surface area contributed by atoms with E-state index >= 15 is 0 Å². The number of hydrogen-bond donors (Lipinski definition) is 0. The molecule has 1 rings (SSSR count). The SMILES string of the molecule is C/C(=C/[B-](F)(F)F)c1ccccc1. The minimum Gasteiger partial charge on any atom is -0.445 e. The lowest BCUT2D eigenvalue weighted by Crippen LogP contribution is -2.10. The number of rotatable bonds is 2. The van der Waals surface area contributed by atoms with Crippen LogP contribution in [0.25, 0.3) is 5.57 Å². The van der Waals surface area contributed by atoms with Gasteiger partial charge in [0.2, 0.25) is 0 Å². The summed E-state index contributed by atoms with van der Waals surface area (Å²) in [6, 6.07) is 8.53. The summed E-state index contributed by atoms with van der Waals surface area (Å²) < 4.78 is 35.9. The van der Waals surface area contributed by atoms with Crippen molar-refractivity contribution in [2.75, 3.05) is 0 Å². The molecule has 70 valence electrons. The van der Waals surface area contributed by atoms with Gasteiger partial charge < -0.3 is 12.9 Å². The second-order valence-electron chi connectivity index (χ2n) is 2.84.